The average molecular weight is 394 g/mol. The first kappa shape index (κ1) is 22.9. The van der Waals surface area contributed by atoms with Gasteiger partial charge in [0.05, 0.1) is 12.5 Å². The highest BCUT2D eigenvalue weighted by Gasteiger charge is 2.30. The lowest BCUT2D eigenvalue weighted by atomic mass is 10.0. The van der Waals surface area contributed by atoms with Crippen LogP contribution in [0.5, 0.6) is 5.75 Å². The Morgan fingerprint density at radius 2 is 1.61 bits per heavy atom. The minimum atomic E-state index is -1.49. The van der Waals surface area contributed by atoms with E-state index < -0.39 is 48.2 Å². The Balaban J connectivity index is 2.77. The number of nitrogens with one attached hydrogen (secondary N) is 2. The van der Waals surface area contributed by atoms with Crippen LogP contribution in [0.25, 0.3) is 0 Å². The summed E-state index contributed by atoms with van der Waals surface area (Å²) in [6, 6.07) is 2.68. The fraction of sp³-hybridized carbons (Fsp3) is 0.444. The minimum Gasteiger partial charge on any atom is -0.508 e. The molecule has 0 aliphatic heterocycles. The lowest BCUT2D eigenvalue weighted by Crippen LogP contribution is -2.57. The van der Waals surface area contributed by atoms with Crippen molar-refractivity contribution in [2.75, 3.05) is 0 Å². The van der Waals surface area contributed by atoms with E-state index in [4.69, 9.17) is 16.6 Å². The Kier molecular flexibility index (Phi) is 8.39. The van der Waals surface area contributed by atoms with Gasteiger partial charge in [0, 0.05) is 0 Å². The number of primary amides is 1. The average Bonchev–Trinajstić information content (AvgIpc) is 2.59. The number of phenols is 1. The molecule has 3 atom stereocenters. The molecular weight excluding hydrogens is 368 g/mol. The van der Waals surface area contributed by atoms with Gasteiger partial charge in [0.1, 0.15) is 17.8 Å². The number of hydrogen-bond donors (Lipinski definition) is 6. The number of carbonyl (C=O) groups excluding carboxylic acids is 3. The van der Waals surface area contributed by atoms with E-state index in [1.807, 2.05) is 0 Å². The van der Waals surface area contributed by atoms with Crippen molar-refractivity contribution < 1.29 is 29.4 Å². The largest absolute Gasteiger partial charge is 0.508 e. The summed E-state index contributed by atoms with van der Waals surface area (Å²) in [4.78, 5) is 46.9. The van der Waals surface area contributed by atoms with Gasteiger partial charge in [-0.1, -0.05) is 26.0 Å². The fourth-order valence-corrected chi connectivity index (χ4v) is 2.44. The molecule has 10 heteroatoms. The molecule has 1 aromatic rings. The molecule has 8 N–H and O–H groups in total. The Morgan fingerprint density at radius 3 is 2.07 bits per heavy atom. The number of rotatable bonds is 10. The first-order valence-corrected chi connectivity index (χ1v) is 8.66. The molecule has 0 aromatic heterocycles. The van der Waals surface area contributed by atoms with Gasteiger partial charge in [-0.2, -0.15) is 0 Å². The third kappa shape index (κ3) is 7.23. The summed E-state index contributed by atoms with van der Waals surface area (Å²) in [5, 5.41) is 23.1. The number of carboxylic acids is 1. The Morgan fingerprint density at radius 1 is 1.04 bits per heavy atom. The number of aliphatic carboxylic acids is 1. The summed E-state index contributed by atoms with van der Waals surface area (Å²) in [7, 11) is 0. The van der Waals surface area contributed by atoms with Crippen LogP contribution < -0.4 is 22.1 Å². The molecule has 1 aromatic carbocycles. The van der Waals surface area contributed by atoms with Crippen molar-refractivity contribution in [3.05, 3.63) is 29.8 Å². The lowest BCUT2D eigenvalue weighted by Gasteiger charge is -2.25. The van der Waals surface area contributed by atoms with E-state index in [1.54, 1.807) is 26.0 Å². The first-order valence-electron chi connectivity index (χ1n) is 8.66. The molecule has 0 heterocycles. The molecule has 0 saturated heterocycles. The van der Waals surface area contributed by atoms with Crippen LogP contribution in [-0.2, 0) is 25.6 Å². The highest BCUT2D eigenvalue weighted by molar-refractivity contribution is 5.93. The summed E-state index contributed by atoms with van der Waals surface area (Å²) in [5.41, 5.74) is 11.6. The minimum absolute atomic E-state index is 0.0854. The topological polar surface area (TPSA) is 185 Å². The number of amides is 3. The second kappa shape index (κ2) is 10.3. The maximum Gasteiger partial charge on any atom is 0.326 e. The van der Waals surface area contributed by atoms with Gasteiger partial charge < -0.3 is 32.3 Å². The number of nitrogens with two attached hydrogens (primary N) is 2. The third-order valence-electron chi connectivity index (χ3n) is 4.00. The van der Waals surface area contributed by atoms with Crippen molar-refractivity contribution in [1.82, 2.24) is 10.6 Å². The molecule has 3 unspecified atom stereocenters. The van der Waals surface area contributed by atoms with Crippen molar-refractivity contribution in [2.45, 2.75) is 44.8 Å². The van der Waals surface area contributed by atoms with Crippen LogP contribution >= 0.6 is 0 Å². The maximum absolute atomic E-state index is 12.4. The number of phenolic OH excluding ortho intramolecular Hbond substituents is 1. The predicted molar refractivity (Wildman–Crippen MR) is 99.9 cm³/mol. The molecule has 10 nitrogen and oxygen atoms in total. The van der Waals surface area contributed by atoms with Gasteiger partial charge in [-0.05, 0) is 30.0 Å². The number of carboxylic acid groups (broad SMARTS) is 1. The zero-order valence-electron chi connectivity index (χ0n) is 15.7. The summed E-state index contributed by atoms with van der Waals surface area (Å²) in [6.45, 7) is 3.33. The summed E-state index contributed by atoms with van der Waals surface area (Å²) in [6.07, 6.45) is -0.391. The van der Waals surface area contributed by atoms with Gasteiger partial charge in [0.15, 0.2) is 0 Å². The van der Waals surface area contributed by atoms with Crippen molar-refractivity contribution in [3.63, 3.8) is 0 Å². The van der Waals surface area contributed by atoms with E-state index in [9.17, 15) is 24.3 Å². The molecular formula is C18H26N4O6. The molecule has 0 aliphatic rings. The highest BCUT2D eigenvalue weighted by Crippen LogP contribution is 2.11. The number of benzene rings is 1. The molecule has 0 fully saturated rings. The smallest absolute Gasteiger partial charge is 0.326 e. The van der Waals surface area contributed by atoms with E-state index in [1.165, 1.54) is 12.1 Å². The molecule has 0 bridgehead atoms. The summed E-state index contributed by atoms with van der Waals surface area (Å²) < 4.78 is 0. The van der Waals surface area contributed by atoms with Crippen LogP contribution in [0.1, 0.15) is 25.8 Å². The van der Waals surface area contributed by atoms with Gasteiger partial charge in [-0.25, -0.2) is 4.79 Å². The molecule has 1 rings (SSSR count). The van der Waals surface area contributed by atoms with Crippen molar-refractivity contribution in [3.8, 4) is 5.75 Å². The van der Waals surface area contributed by atoms with Gasteiger partial charge >= 0.3 is 5.97 Å². The fourth-order valence-electron chi connectivity index (χ4n) is 2.44. The van der Waals surface area contributed by atoms with Crippen molar-refractivity contribution in [1.29, 1.82) is 0 Å². The van der Waals surface area contributed by atoms with Crippen LogP contribution in [-0.4, -0.2) is 52.0 Å². The number of aromatic hydroxyl groups is 1. The molecule has 154 valence electrons. The summed E-state index contributed by atoms with van der Waals surface area (Å²) >= 11 is 0. The normalized spacial score (nSPS) is 14.0. The third-order valence-corrected chi connectivity index (χ3v) is 4.00. The van der Waals surface area contributed by atoms with E-state index in [2.05, 4.69) is 10.6 Å². The molecule has 0 radical (unpaired) electrons. The second-order valence-corrected chi connectivity index (χ2v) is 6.78. The van der Waals surface area contributed by atoms with Crippen molar-refractivity contribution in [2.24, 2.45) is 17.4 Å². The molecule has 3 amide bonds. The van der Waals surface area contributed by atoms with Crippen LogP contribution in [0.15, 0.2) is 24.3 Å². The van der Waals surface area contributed by atoms with Crippen LogP contribution in [0.3, 0.4) is 0 Å². The maximum atomic E-state index is 12.4. The lowest BCUT2D eigenvalue weighted by molar-refractivity contribution is -0.144. The van der Waals surface area contributed by atoms with Gasteiger partial charge in [-0.3, -0.25) is 14.4 Å². The number of hydrogen-bond acceptors (Lipinski definition) is 6. The van der Waals surface area contributed by atoms with Crippen LogP contribution in [0, 0.1) is 5.92 Å². The monoisotopic (exact) mass is 394 g/mol. The van der Waals surface area contributed by atoms with Crippen LogP contribution in [0.4, 0.5) is 0 Å². The van der Waals surface area contributed by atoms with Gasteiger partial charge in [0.25, 0.3) is 0 Å². The molecule has 0 aliphatic carbocycles. The first-order chi connectivity index (χ1) is 13.0. The Hall–Kier alpha value is -3.14. The quantitative estimate of drug-likeness (QED) is 0.289. The van der Waals surface area contributed by atoms with Crippen molar-refractivity contribution >= 4 is 23.7 Å². The van der Waals surface area contributed by atoms with E-state index in [-0.39, 0.29) is 18.1 Å². The Bertz CT molecular complexity index is 719. The van der Waals surface area contributed by atoms with E-state index in [0.717, 1.165) is 5.56 Å². The second-order valence-electron chi connectivity index (χ2n) is 6.78. The SMILES string of the molecule is CC(C)C(NC(=O)C(N)Cc1ccc(O)cc1)C(=O)NC(CC(N)=O)C(=O)O. The zero-order chi connectivity index (χ0) is 21.4. The molecule has 0 spiro atoms. The van der Waals surface area contributed by atoms with E-state index >= 15 is 0 Å². The number of carbonyl (C=O) groups is 4. The van der Waals surface area contributed by atoms with Gasteiger partial charge in [-0.15, -0.1) is 0 Å². The van der Waals surface area contributed by atoms with Gasteiger partial charge in [0.2, 0.25) is 17.7 Å². The standard InChI is InChI=1S/C18H26N4O6/c1-9(2)15(17(26)21-13(18(27)28)8-14(20)24)22-16(25)12(19)7-10-3-5-11(23)6-4-10/h3-6,9,12-13,15,23H,7-8,19H2,1-2H3,(H2,20,24)(H,21,26)(H,22,25)(H,27,28). The molecule has 0 saturated carbocycles. The predicted octanol–water partition coefficient (Wildman–Crippen LogP) is -1.15. The molecule has 28 heavy (non-hydrogen) atoms. The highest BCUT2D eigenvalue weighted by atomic mass is 16.4. The Labute approximate surface area is 162 Å². The summed E-state index contributed by atoms with van der Waals surface area (Å²) in [5.74, 6) is -3.92. The zero-order valence-corrected chi connectivity index (χ0v) is 15.7. The van der Waals surface area contributed by atoms with E-state index in [0.29, 0.717) is 0 Å². The van der Waals surface area contributed by atoms with Crippen LogP contribution in [0.2, 0.25) is 0 Å².